The number of likely N-dealkylation sites (tertiary alicyclic amines) is 1. The molecule has 1 aliphatic heterocycles. The minimum atomic E-state index is 0.196. The Hall–Kier alpha value is -1.67. The van der Waals surface area contributed by atoms with Crippen molar-refractivity contribution < 1.29 is 4.79 Å². The van der Waals surface area contributed by atoms with Crippen molar-refractivity contribution in [3.63, 3.8) is 0 Å². The second-order valence-corrected chi connectivity index (χ2v) is 9.32. The monoisotopic (exact) mass is 387 g/mol. The van der Waals surface area contributed by atoms with Crippen molar-refractivity contribution in [3.8, 4) is 0 Å². The van der Waals surface area contributed by atoms with Gasteiger partial charge in [-0.05, 0) is 43.6 Å². The van der Waals surface area contributed by atoms with Gasteiger partial charge in [-0.15, -0.1) is 11.3 Å². The number of carbonyl (C=O) groups is 1. The number of thiophene rings is 1. The first-order valence-electron chi connectivity index (χ1n) is 9.25. The molecular weight excluding hydrogens is 366 g/mol. The van der Waals surface area contributed by atoms with E-state index in [2.05, 4.69) is 17.0 Å². The molecule has 1 atom stereocenters. The lowest BCUT2D eigenvalue weighted by Gasteiger charge is -2.18. The largest absolute Gasteiger partial charge is 0.342 e. The predicted octanol–water partition coefficient (Wildman–Crippen LogP) is 3.18. The van der Waals surface area contributed by atoms with Gasteiger partial charge in [-0.3, -0.25) is 4.79 Å². The number of fused-ring (bicyclic) bond motifs is 5. The van der Waals surface area contributed by atoms with Crippen LogP contribution in [-0.4, -0.2) is 49.2 Å². The fourth-order valence-corrected chi connectivity index (χ4v) is 6.13. The molecule has 0 aromatic carbocycles. The molecule has 1 aliphatic carbocycles. The molecule has 6 nitrogen and oxygen atoms in total. The maximum Gasteiger partial charge on any atom is 0.233 e. The number of thioether (sulfide) groups is 1. The Bertz CT molecular complexity index is 988. The summed E-state index contributed by atoms with van der Waals surface area (Å²) in [6.45, 7) is 4.09. The molecule has 8 heteroatoms. The number of aromatic nitrogens is 4. The van der Waals surface area contributed by atoms with Gasteiger partial charge in [0.2, 0.25) is 5.91 Å². The Labute approximate surface area is 160 Å². The van der Waals surface area contributed by atoms with E-state index in [1.807, 2.05) is 9.42 Å². The van der Waals surface area contributed by atoms with Crippen LogP contribution in [0.2, 0.25) is 0 Å². The lowest BCUT2D eigenvalue weighted by atomic mass is 9.89. The van der Waals surface area contributed by atoms with Crippen LogP contribution in [0, 0.1) is 5.92 Å². The van der Waals surface area contributed by atoms with Crippen molar-refractivity contribution in [1.82, 2.24) is 24.5 Å². The van der Waals surface area contributed by atoms with E-state index >= 15 is 0 Å². The average Bonchev–Trinajstić information content (AvgIpc) is 3.36. The third kappa shape index (κ3) is 2.70. The van der Waals surface area contributed by atoms with E-state index in [1.54, 1.807) is 17.7 Å². The van der Waals surface area contributed by atoms with E-state index in [1.165, 1.54) is 34.0 Å². The lowest BCUT2D eigenvalue weighted by Crippen LogP contribution is -2.29. The number of nitrogens with zero attached hydrogens (tertiary/aromatic N) is 5. The molecule has 5 rings (SSSR count). The standard InChI is InChI=1S/C18H21N5OS2/c1-11-4-5-13-12(8-11)15-16-19-10-20-23(16)18(21-17(15)26-13)25-9-14(24)22-6-2-3-7-22/h10-11H,2-9H2,1H3. The summed E-state index contributed by atoms with van der Waals surface area (Å²) in [6.07, 6.45) is 7.31. The number of rotatable bonds is 3. The first-order chi connectivity index (χ1) is 12.7. The van der Waals surface area contributed by atoms with Crippen molar-refractivity contribution >= 4 is 44.9 Å². The second-order valence-electron chi connectivity index (χ2n) is 7.30. The summed E-state index contributed by atoms with van der Waals surface area (Å²) in [6, 6.07) is 0. The van der Waals surface area contributed by atoms with Crippen LogP contribution in [0.1, 0.15) is 36.6 Å². The zero-order chi connectivity index (χ0) is 17.7. The van der Waals surface area contributed by atoms with Crippen LogP contribution >= 0.6 is 23.1 Å². The maximum absolute atomic E-state index is 12.4. The van der Waals surface area contributed by atoms with E-state index in [-0.39, 0.29) is 5.91 Å². The Morgan fingerprint density at radius 3 is 3.08 bits per heavy atom. The van der Waals surface area contributed by atoms with Gasteiger partial charge in [0.05, 0.1) is 11.1 Å². The predicted molar refractivity (Wildman–Crippen MR) is 104 cm³/mol. The molecule has 0 radical (unpaired) electrons. The summed E-state index contributed by atoms with van der Waals surface area (Å²) in [7, 11) is 0. The fourth-order valence-electron chi connectivity index (χ4n) is 4.02. The second kappa shape index (κ2) is 6.49. The summed E-state index contributed by atoms with van der Waals surface area (Å²) in [5.41, 5.74) is 2.30. The number of hydrogen-bond donors (Lipinski definition) is 0. The van der Waals surface area contributed by atoms with Crippen molar-refractivity contribution in [2.24, 2.45) is 5.92 Å². The zero-order valence-electron chi connectivity index (χ0n) is 14.8. The molecule has 1 amide bonds. The lowest BCUT2D eigenvalue weighted by molar-refractivity contribution is -0.127. The van der Waals surface area contributed by atoms with Crippen LogP contribution in [-0.2, 0) is 17.6 Å². The van der Waals surface area contributed by atoms with Crippen molar-refractivity contribution in [2.45, 2.75) is 44.2 Å². The van der Waals surface area contributed by atoms with Gasteiger partial charge in [0, 0.05) is 18.0 Å². The minimum Gasteiger partial charge on any atom is -0.342 e. The number of aryl methyl sites for hydroxylation is 1. The average molecular weight is 388 g/mol. The molecular formula is C18H21N5OS2. The Morgan fingerprint density at radius 1 is 1.38 bits per heavy atom. The molecule has 0 N–H and O–H groups in total. The first kappa shape index (κ1) is 16.5. The molecule has 1 unspecified atom stereocenters. The van der Waals surface area contributed by atoms with Crippen molar-refractivity contribution in [3.05, 3.63) is 16.8 Å². The minimum absolute atomic E-state index is 0.196. The molecule has 1 saturated heterocycles. The van der Waals surface area contributed by atoms with Gasteiger partial charge in [0.15, 0.2) is 10.8 Å². The van der Waals surface area contributed by atoms with E-state index < -0.39 is 0 Å². The van der Waals surface area contributed by atoms with E-state index in [0.717, 1.165) is 54.4 Å². The van der Waals surface area contributed by atoms with E-state index in [4.69, 9.17) is 4.98 Å². The SMILES string of the molecule is CC1CCc2sc3nc(SCC(=O)N4CCCC4)n4ncnc4c3c2C1. The highest BCUT2D eigenvalue weighted by molar-refractivity contribution is 7.99. The zero-order valence-corrected chi connectivity index (χ0v) is 16.4. The number of hydrogen-bond acceptors (Lipinski definition) is 6. The molecule has 136 valence electrons. The first-order valence-corrected chi connectivity index (χ1v) is 11.1. The smallest absolute Gasteiger partial charge is 0.233 e. The Kier molecular flexibility index (Phi) is 4.12. The van der Waals surface area contributed by atoms with Gasteiger partial charge >= 0.3 is 0 Å². The molecule has 26 heavy (non-hydrogen) atoms. The van der Waals surface area contributed by atoms with Crippen LogP contribution in [0.3, 0.4) is 0 Å². The molecule has 1 fully saturated rings. The molecule has 3 aromatic heterocycles. The van der Waals surface area contributed by atoms with Crippen LogP contribution < -0.4 is 0 Å². The topological polar surface area (TPSA) is 63.4 Å². The van der Waals surface area contributed by atoms with Crippen LogP contribution in [0.4, 0.5) is 0 Å². The summed E-state index contributed by atoms with van der Waals surface area (Å²) in [5.74, 6) is 1.31. The van der Waals surface area contributed by atoms with Gasteiger partial charge in [-0.2, -0.15) is 9.61 Å². The molecule has 4 heterocycles. The number of amides is 1. The molecule has 0 bridgehead atoms. The van der Waals surface area contributed by atoms with Crippen LogP contribution in [0.25, 0.3) is 15.9 Å². The van der Waals surface area contributed by atoms with E-state index in [0.29, 0.717) is 11.7 Å². The summed E-state index contributed by atoms with van der Waals surface area (Å²) < 4.78 is 1.82. The highest BCUT2D eigenvalue weighted by Crippen LogP contribution is 2.39. The maximum atomic E-state index is 12.4. The quantitative estimate of drug-likeness (QED) is 0.510. The molecule has 2 aliphatic rings. The molecule has 3 aromatic rings. The summed E-state index contributed by atoms with van der Waals surface area (Å²) in [5, 5.41) is 6.33. The van der Waals surface area contributed by atoms with Crippen LogP contribution in [0.15, 0.2) is 11.5 Å². The van der Waals surface area contributed by atoms with Crippen molar-refractivity contribution in [1.29, 1.82) is 0 Å². The Balaban J connectivity index is 1.51. The van der Waals surface area contributed by atoms with Gasteiger partial charge in [0.1, 0.15) is 11.2 Å². The molecule has 0 spiro atoms. The van der Waals surface area contributed by atoms with Gasteiger partial charge in [-0.25, -0.2) is 9.97 Å². The highest BCUT2D eigenvalue weighted by atomic mass is 32.2. The summed E-state index contributed by atoms with van der Waals surface area (Å²) in [4.78, 5) is 26.2. The highest BCUT2D eigenvalue weighted by Gasteiger charge is 2.25. The fraction of sp³-hybridized carbons (Fsp3) is 0.556. The third-order valence-electron chi connectivity index (χ3n) is 5.42. The number of carbonyl (C=O) groups excluding carboxylic acids is 1. The summed E-state index contributed by atoms with van der Waals surface area (Å²) >= 11 is 3.27. The van der Waals surface area contributed by atoms with Crippen molar-refractivity contribution in [2.75, 3.05) is 18.8 Å². The third-order valence-corrected chi connectivity index (χ3v) is 7.52. The normalized spacial score (nSPS) is 20.2. The van der Waals surface area contributed by atoms with Gasteiger partial charge < -0.3 is 4.90 Å². The van der Waals surface area contributed by atoms with E-state index in [9.17, 15) is 4.79 Å². The Morgan fingerprint density at radius 2 is 2.23 bits per heavy atom. The van der Waals surface area contributed by atoms with Gasteiger partial charge in [-0.1, -0.05) is 18.7 Å². The van der Waals surface area contributed by atoms with Gasteiger partial charge in [0.25, 0.3) is 0 Å². The molecule has 0 saturated carbocycles. The van der Waals surface area contributed by atoms with Crippen LogP contribution in [0.5, 0.6) is 0 Å².